The highest BCUT2D eigenvalue weighted by molar-refractivity contribution is 7.26. The number of hydrogen-bond donors (Lipinski definition) is 0. The molecule has 0 aliphatic heterocycles. The van der Waals surface area contributed by atoms with Gasteiger partial charge in [0, 0.05) is 20.2 Å². The van der Waals surface area contributed by atoms with E-state index in [9.17, 15) is 0 Å². The highest BCUT2D eigenvalue weighted by atomic mass is 32.1. The predicted octanol–water partition coefficient (Wildman–Crippen LogP) is 6.33. The first-order valence-corrected chi connectivity index (χ1v) is 8.78. The van der Waals surface area contributed by atoms with Crippen LogP contribution >= 0.6 is 11.3 Å². The van der Waals surface area contributed by atoms with Crippen molar-refractivity contribution in [2.75, 3.05) is 0 Å². The van der Waals surface area contributed by atoms with Crippen molar-refractivity contribution >= 4 is 42.3 Å². The molecule has 22 heavy (non-hydrogen) atoms. The first-order chi connectivity index (χ1) is 10.6. The van der Waals surface area contributed by atoms with E-state index in [1.54, 1.807) is 11.1 Å². The second-order valence-corrected chi connectivity index (χ2v) is 8.48. The smallest absolute Gasteiger partial charge is 0.0361 e. The third-order valence-electron chi connectivity index (χ3n) is 5.02. The minimum absolute atomic E-state index is 0.412. The number of hydrogen-bond acceptors (Lipinski definition) is 1. The Bertz CT molecular complexity index is 1050. The second-order valence-electron chi connectivity index (χ2n) is 7.40. The van der Waals surface area contributed by atoms with E-state index in [0.29, 0.717) is 5.41 Å². The van der Waals surface area contributed by atoms with E-state index in [2.05, 4.69) is 62.4 Å². The highest BCUT2D eigenvalue weighted by Crippen LogP contribution is 2.42. The molecule has 1 aliphatic rings. The summed E-state index contributed by atoms with van der Waals surface area (Å²) in [6.07, 6.45) is 2.41. The molecule has 0 bridgehead atoms. The molecule has 0 radical (unpaired) electrons. The fourth-order valence-electron chi connectivity index (χ4n) is 4.11. The van der Waals surface area contributed by atoms with Crippen molar-refractivity contribution in [3.8, 4) is 0 Å². The topological polar surface area (TPSA) is 0 Å². The largest absolute Gasteiger partial charge is 0.135 e. The van der Waals surface area contributed by atoms with Crippen LogP contribution in [-0.4, -0.2) is 0 Å². The van der Waals surface area contributed by atoms with Gasteiger partial charge < -0.3 is 0 Å². The first kappa shape index (κ1) is 12.7. The molecule has 1 aromatic heterocycles. The molecule has 0 atom stereocenters. The quantitative estimate of drug-likeness (QED) is 0.356. The fourth-order valence-corrected chi connectivity index (χ4v) is 5.23. The molecule has 3 aromatic carbocycles. The van der Waals surface area contributed by atoms with Gasteiger partial charge in [0.25, 0.3) is 0 Å². The molecule has 0 unspecified atom stereocenters. The minimum atomic E-state index is 0.412. The number of thiophene rings is 1. The van der Waals surface area contributed by atoms with E-state index >= 15 is 0 Å². The summed E-state index contributed by atoms with van der Waals surface area (Å²) in [5, 5.41) is 5.69. The molecule has 0 saturated carbocycles. The number of rotatable bonds is 0. The molecular weight excluding hydrogens is 284 g/mol. The maximum Gasteiger partial charge on any atom is 0.0361 e. The lowest BCUT2D eigenvalue weighted by Gasteiger charge is -2.14. The van der Waals surface area contributed by atoms with Crippen LogP contribution in [0.2, 0.25) is 0 Å². The van der Waals surface area contributed by atoms with Crippen LogP contribution in [0.4, 0.5) is 0 Å². The Morgan fingerprint density at radius 3 is 2.45 bits per heavy atom. The summed E-state index contributed by atoms with van der Waals surface area (Å²) in [6.45, 7) is 4.76. The molecule has 1 heterocycles. The monoisotopic (exact) mass is 302 g/mol. The van der Waals surface area contributed by atoms with Gasteiger partial charge in [-0.15, -0.1) is 11.3 Å². The maximum absolute atomic E-state index is 2.47. The van der Waals surface area contributed by atoms with Gasteiger partial charge in [-0.05, 0) is 52.3 Å². The lowest BCUT2D eigenvalue weighted by molar-refractivity contribution is 0.392. The molecular formula is C21H18S. The van der Waals surface area contributed by atoms with Gasteiger partial charge in [-0.25, -0.2) is 0 Å². The van der Waals surface area contributed by atoms with E-state index in [0.717, 1.165) is 0 Å². The third kappa shape index (κ3) is 1.69. The van der Waals surface area contributed by atoms with Gasteiger partial charge in [-0.1, -0.05) is 50.2 Å². The van der Waals surface area contributed by atoms with Crippen molar-refractivity contribution < 1.29 is 0 Å². The zero-order valence-corrected chi connectivity index (χ0v) is 13.8. The van der Waals surface area contributed by atoms with Crippen molar-refractivity contribution in [3.63, 3.8) is 0 Å². The van der Waals surface area contributed by atoms with Gasteiger partial charge in [-0.2, -0.15) is 0 Å². The Morgan fingerprint density at radius 2 is 1.59 bits per heavy atom. The van der Waals surface area contributed by atoms with Crippen molar-refractivity contribution in [1.82, 2.24) is 0 Å². The predicted molar refractivity (Wildman–Crippen MR) is 98.0 cm³/mol. The van der Waals surface area contributed by atoms with Gasteiger partial charge in [-0.3, -0.25) is 0 Å². The Kier molecular flexibility index (Phi) is 2.37. The van der Waals surface area contributed by atoms with Crippen LogP contribution in [0.1, 0.15) is 25.0 Å². The van der Waals surface area contributed by atoms with E-state index in [4.69, 9.17) is 0 Å². The van der Waals surface area contributed by atoms with Crippen LogP contribution in [0.15, 0.2) is 48.5 Å². The molecule has 0 spiro atoms. The van der Waals surface area contributed by atoms with Crippen LogP contribution in [0.3, 0.4) is 0 Å². The lowest BCUT2D eigenvalue weighted by Crippen LogP contribution is -2.09. The molecule has 0 saturated heterocycles. The summed E-state index contributed by atoms with van der Waals surface area (Å²) in [5.41, 5.74) is 3.52. The summed E-state index contributed by atoms with van der Waals surface area (Å²) in [5.74, 6) is 0. The van der Waals surface area contributed by atoms with Crippen molar-refractivity contribution in [1.29, 1.82) is 0 Å². The number of benzene rings is 3. The Hall–Kier alpha value is -1.86. The minimum Gasteiger partial charge on any atom is -0.135 e. The van der Waals surface area contributed by atoms with E-state index in [1.807, 2.05) is 11.3 Å². The average molecular weight is 302 g/mol. The van der Waals surface area contributed by atoms with Crippen molar-refractivity contribution in [2.45, 2.75) is 26.7 Å². The fraction of sp³-hybridized carbons (Fsp3) is 0.238. The van der Waals surface area contributed by atoms with Crippen molar-refractivity contribution in [3.05, 3.63) is 59.7 Å². The van der Waals surface area contributed by atoms with Gasteiger partial charge in [0.05, 0.1) is 0 Å². The second kappa shape index (κ2) is 4.11. The average Bonchev–Trinajstić information content (AvgIpc) is 2.99. The summed E-state index contributed by atoms with van der Waals surface area (Å²) in [6, 6.07) is 18.3. The van der Waals surface area contributed by atoms with Crippen LogP contribution in [0, 0.1) is 5.41 Å². The molecule has 1 heteroatoms. The Morgan fingerprint density at radius 1 is 0.818 bits per heavy atom. The normalized spacial score (nSPS) is 16.6. The maximum atomic E-state index is 2.47. The van der Waals surface area contributed by atoms with Gasteiger partial charge in [0.15, 0.2) is 0 Å². The SMILES string of the molecule is CC1(C)Cc2cc3ccc4sc5ccccc5c4c3cc2C1. The molecule has 0 amide bonds. The van der Waals surface area contributed by atoms with Gasteiger partial charge in [0.2, 0.25) is 0 Å². The number of fused-ring (bicyclic) bond motifs is 6. The molecule has 4 aromatic rings. The molecule has 0 N–H and O–H groups in total. The van der Waals surface area contributed by atoms with Gasteiger partial charge in [0.1, 0.15) is 0 Å². The van der Waals surface area contributed by atoms with Gasteiger partial charge >= 0.3 is 0 Å². The zero-order valence-electron chi connectivity index (χ0n) is 12.9. The molecule has 0 nitrogen and oxygen atoms in total. The Labute approximate surface area is 134 Å². The van der Waals surface area contributed by atoms with E-state index in [-0.39, 0.29) is 0 Å². The summed E-state index contributed by atoms with van der Waals surface area (Å²) in [4.78, 5) is 0. The van der Waals surface area contributed by atoms with E-state index < -0.39 is 0 Å². The standard InChI is InChI=1S/C21H18S/c1-21(2)11-14-9-13-7-8-19-20(17(13)10-15(14)12-21)16-5-3-4-6-18(16)22-19/h3-10H,11-12H2,1-2H3. The van der Waals surface area contributed by atoms with Crippen LogP contribution in [0.25, 0.3) is 30.9 Å². The highest BCUT2D eigenvalue weighted by Gasteiger charge is 2.28. The molecule has 0 fully saturated rings. The molecule has 1 aliphatic carbocycles. The lowest BCUT2D eigenvalue weighted by atomic mass is 9.90. The van der Waals surface area contributed by atoms with E-state index in [1.165, 1.54) is 43.8 Å². The summed E-state index contributed by atoms with van der Waals surface area (Å²) >= 11 is 1.91. The third-order valence-corrected chi connectivity index (χ3v) is 6.15. The van der Waals surface area contributed by atoms with Crippen LogP contribution in [-0.2, 0) is 12.8 Å². The summed E-state index contributed by atoms with van der Waals surface area (Å²) < 4.78 is 2.80. The first-order valence-electron chi connectivity index (χ1n) is 7.97. The van der Waals surface area contributed by atoms with Crippen LogP contribution in [0.5, 0.6) is 0 Å². The van der Waals surface area contributed by atoms with Crippen LogP contribution < -0.4 is 0 Å². The molecule has 5 rings (SSSR count). The zero-order chi connectivity index (χ0) is 14.9. The molecule has 108 valence electrons. The summed E-state index contributed by atoms with van der Waals surface area (Å²) in [7, 11) is 0. The van der Waals surface area contributed by atoms with Crippen molar-refractivity contribution in [2.24, 2.45) is 5.41 Å². The Balaban J connectivity index is 1.93.